The van der Waals surface area contributed by atoms with E-state index >= 15 is 0 Å². The van der Waals surface area contributed by atoms with Crippen molar-refractivity contribution < 1.29 is 5.11 Å². The second-order valence-corrected chi connectivity index (χ2v) is 5.39. The topological polar surface area (TPSA) is 57.2 Å². The summed E-state index contributed by atoms with van der Waals surface area (Å²) in [5.74, 6) is 0.00934. The van der Waals surface area contributed by atoms with E-state index in [1.807, 2.05) is 18.2 Å². The Morgan fingerprint density at radius 3 is 2.78 bits per heavy atom. The third-order valence-electron chi connectivity index (χ3n) is 2.16. The SMILES string of the molecule is CC(C)Nc1ccc(Cl)c(Nc2nc(O)cs2)c1. The molecule has 0 saturated heterocycles. The van der Waals surface area contributed by atoms with Gasteiger partial charge in [0.25, 0.3) is 0 Å². The Morgan fingerprint density at radius 2 is 2.17 bits per heavy atom. The molecule has 0 fully saturated rings. The number of hydrogen-bond acceptors (Lipinski definition) is 5. The predicted molar refractivity (Wildman–Crippen MR) is 77.3 cm³/mol. The third-order valence-corrected chi connectivity index (χ3v) is 3.23. The fourth-order valence-corrected chi connectivity index (χ4v) is 2.23. The minimum absolute atomic E-state index is 0.00934. The molecular weight excluding hydrogens is 270 g/mol. The summed E-state index contributed by atoms with van der Waals surface area (Å²) < 4.78 is 0. The van der Waals surface area contributed by atoms with Gasteiger partial charge in [0, 0.05) is 11.7 Å². The Kier molecular flexibility index (Phi) is 3.93. The number of rotatable bonds is 4. The number of hydrogen-bond donors (Lipinski definition) is 3. The van der Waals surface area contributed by atoms with Gasteiger partial charge in [-0.1, -0.05) is 11.6 Å². The first-order valence-corrected chi connectivity index (χ1v) is 6.78. The van der Waals surface area contributed by atoms with Gasteiger partial charge in [-0.05, 0) is 32.0 Å². The molecule has 96 valence electrons. The summed E-state index contributed by atoms with van der Waals surface area (Å²) in [4.78, 5) is 3.92. The van der Waals surface area contributed by atoms with Gasteiger partial charge < -0.3 is 15.7 Å². The quantitative estimate of drug-likeness (QED) is 0.792. The second kappa shape index (κ2) is 5.46. The summed E-state index contributed by atoms with van der Waals surface area (Å²) in [6.07, 6.45) is 0. The van der Waals surface area contributed by atoms with Crippen LogP contribution >= 0.6 is 22.9 Å². The molecule has 0 spiro atoms. The summed E-state index contributed by atoms with van der Waals surface area (Å²) in [6.45, 7) is 4.14. The minimum atomic E-state index is 0.00934. The average molecular weight is 284 g/mol. The molecule has 0 aliphatic heterocycles. The lowest BCUT2D eigenvalue weighted by atomic mass is 10.2. The zero-order chi connectivity index (χ0) is 13.1. The molecule has 2 aromatic rings. The molecule has 1 heterocycles. The molecular formula is C12H14ClN3OS. The molecule has 2 rings (SSSR count). The van der Waals surface area contributed by atoms with Crippen LogP contribution in [0.4, 0.5) is 16.5 Å². The molecule has 0 saturated carbocycles. The molecule has 0 bridgehead atoms. The Morgan fingerprint density at radius 1 is 1.39 bits per heavy atom. The number of aromatic hydroxyl groups is 1. The molecule has 6 heteroatoms. The second-order valence-electron chi connectivity index (χ2n) is 4.13. The Hall–Kier alpha value is -1.46. The van der Waals surface area contributed by atoms with Crippen molar-refractivity contribution in [2.75, 3.05) is 10.6 Å². The zero-order valence-corrected chi connectivity index (χ0v) is 11.6. The first-order valence-electron chi connectivity index (χ1n) is 5.52. The van der Waals surface area contributed by atoms with Crippen molar-refractivity contribution in [1.82, 2.24) is 4.98 Å². The van der Waals surface area contributed by atoms with Gasteiger partial charge in [-0.15, -0.1) is 11.3 Å². The van der Waals surface area contributed by atoms with Gasteiger partial charge in [0.15, 0.2) is 5.13 Å². The van der Waals surface area contributed by atoms with Crippen LogP contribution in [0, 0.1) is 0 Å². The van der Waals surface area contributed by atoms with Crippen LogP contribution in [0.2, 0.25) is 5.02 Å². The van der Waals surface area contributed by atoms with E-state index in [9.17, 15) is 5.11 Å². The zero-order valence-electron chi connectivity index (χ0n) is 10.1. The molecule has 1 aromatic heterocycles. The number of benzene rings is 1. The van der Waals surface area contributed by atoms with E-state index in [1.54, 1.807) is 5.38 Å². The molecule has 18 heavy (non-hydrogen) atoms. The van der Waals surface area contributed by atoms with Crippen molar-refractivity contribution in [2.24, 2.45) is 0 Å². The van der Waals surface area contributed by atoms with Crippen molar-refractivity contribution >= 4 is 39.4 Å². The van der Waals surface area contributed by atoms with E-state index in [2.05, 4.69) is 29.5 Å². The van der Waals surface area contributed by atoms with Gasteiger partial charge in [-0.2, -0.15) is 4.98 Å². The maximum Gasteiger partial charge on any atom is 0.223 e. The Labute approximate surface area is 115 Å². The lowest BCUT2D eigenvalue weighted by Crippen LogP contribution is -2.09. The first-order chi connectivity index (χ1) is 8.54. The highest BCUT2D eigenvalue weighted by atomic mass is 35.5. The summed E-state index contributed by atoms with van der Waals surface area (Å²) in [6, 6.07) is 6.01. The van der Waals surface area contributed by atoms with E-state index in [4.69, 9.17) is 11.6 Å². The number of nitrogens with zero attached hydrogens (tertiary/aromatic N) is 1. The first kappa shape index (κ1) is 13.0. The summed E-state index contributed by atoms with van der Waals surface area (Å²) in [5.41, 5.74) is 1.74. The fourth-order valence-electron chi connectivity index (χ4n) is 1.48. The van der Waals surface area contributed by atoms with E-state index < -0.39 is 0 Å². The fraction of sp³-hybridized carbons (Fsp3) is 0.250. The normalized spacial score (nSPS) is 10.7. The van der Waals surface area contributed by atoms with Gasteiger partial charge in [0.05, 0.1) is 16.1 Å². The molecule has 0 atom stereocenters. The van der Waals surface area contributed by atoms with Crippen LogP contribution in [0.5, 0.6) is 5.88 Å². The molecule has 1 aromatic carbocycles. The van der Waals surface area contributed by atoms with E-state index in [-0.39, 0.29) is 5.88 Å². The summed E-state index contributed by atoms with van der Waals surface area (Å²) in [5, 5.41) is 18.3. The minimum Gasteiger partial charge on any atom is -0.493 e. The Bertz CT molecular complexity index is 542. The molecule has 0 radical (unpaired) electrons. The molecule has 0 aliphatic carbocycles. The smallest absolute Gasteiger partial charge is 0.223 e. The highest BCUT2D eigenvalue weighted by molar-refractivity contribution is 7.14. The van der Waals surface area contributed by atoms with Crippen molar-refractivity contribution in [1.29, 1.82) is 0 Å². The van der Waals surface area contributed by atoms with Gasteiger partial charge in [-0.25, -0.2) is 0 Å². The molecule has 4 nitrogen and oxygen atoms in total. The van der Waals surface area contributed by atoms with E-state index in [0.717, 1.165) is 11.4 Å². The van der Waals surface area contributed by atoms with Gasteiger partial charge in [-0.3, -0.25) is 0 Å². The van der Waals surface area contributed by atoms with Crippen molar-refractivity contribution in [3.63, 3.8) is 0 Å². The van der Waals surface area contributed by atoms with Crippen molar-refractivity contribution in [2.45, 2.75) is 19.9 Å². The molecule has 0 amide bonds. The highest BCUT2D eigenvalue weighted by Gasteiger charge is 2.06. The number of nitrogens with one attached hydrogen (secondary N) is 2. The lowest BCUT2D eigenvalue weighted by Gasteiger charge is -2.12. The molecule has 3 N–H and O–H groups in total. The van der Waals surface area contributed by atoms with Gasteiger partial charge >= 0.3 is 0 Å². The van der Waals surface area contributed by atoms with Crippen LogP contribution < -0.4 is 10.6 Å². The lowest BCUT2D eigenvalue weighted by molar-refractivity contribution is 0.458. The third kappa shape index (κ3) is 3.27. The summed E-state index contributed by atoms with van der Waals surface area (Å²) >= 11 is 7.44. The number of aromatic nitrogens is 1. The molecule has 0 aliphatic rings. The maximum atomic E-state index is 9.19. The van der Waals surface area contributed by atoms with Crippen LogP contribution in [0.3, 0.4) is 0 Å². The molecule has 0 unspecified atom stereocenters. The van der Waals surface area contributed by atoms with Crippen molar-refractivity contribution in [3.05, 3.63) is 28.6 Å². The summed E-state index contributed by atoms with van der Waals surface area (Å²) in [7, 11) is 0. The van der Waals surface area contributed by atoms with Gasteiger partial charge in [0.2, 0.25) is 5.88 Å². The van der Waals surface area contributed by atoms with E-state index in [1.165, 1.54) is 11.3 Å². The average Bonchev–Trinajstić information content (AvgIpc) is 2.68. The van der Waals surface area contributed by atoms with Crippen LogP contribution in [0.1, 0.15) is 13.8 Å². The monoisotopic (exact) mass is 283 g/mol. The predicted octanol–water partition coefficient (Wildman–Crippen LogP) is 4.07. The van der Waals surface area contributed by atoms with Crippen LogP contribution in [-0.4, -0.2) is 16.1 Å². The van der Waals surface area contributed by atoms with Crippen LogP contribution in [0.15, 0.2) is 23.6 Å². The number of thiazole rings is 1. The van der Waals surface area contributed by atoms with Crippen molar-refractivity contribution in [3.8, 4) is 5.88 Å². The van der Waals surface area contributed by atoms with E-state index in [0.29, 0.717) is 16.2 Å². The largest absolute Gasteiger partial charge is 0.493 e. The number of anilines is 3. The maximum absolute atomic E-state index is 9.19. The van der Waals surface area contributed by atoms with Crippen LogP contribution in [-0.2, 0) is 0 Å². The highest BCUT2D eigenvalue weighted by Crippen LogP contribution is 2.30. The standard InChI is InChI=1S/C12H14ClN3OS/c1-7(2)14-8-3-4-9(13)10(5-8)15-12-16-11(17)6-18-12/h3-7,14,17H,1-2H3,(H,15,16). The van der Waals surface area contributed by atoms with Crippen LogP contribution in [0.25, 0.3) is 0 Å². The van der Waals surface area contributed by atoms with Gasteiger partial charge in [0.1, 0.15) is 0 Å². The number of halogens is 1. The Balaban J connectivity index is 2.20.